The molecule has 0 radical (unpaired) electrons. The molecule has 3 aromatic carbocycles. The molecule has 2 atom stereocenters. The van der Waals surface area contributed by atoms with Gasteiger partial charge in [-0.15, -0.1) is 0 Å². The molecule has 0 unspecified atom stereocenters. The monoisotopic (exact) mass is 740 g/mol. The third-order valence-corrected chi connectivity index (χ3v) is 10.3. The molecule has 1 aromatic heterocycles. The van der Waals surface area contributed by atoms with Crippen LogP contribution >= 0.6 is 23.2 Å². The van der Waals surface area contributed by atoms with E-state index < -0.39 is 35.7 Å². The number of benzene rings is 3. The number of carbonyl (C=O) groups excluding carboxylic acids is 1. The molecule has 3 saturated heterocycles. The van der Waals surface area contributed by atoms with E-state index in [4.69, 9.17) is 37.4 Å². The fraction of sp³-hybridized carbons (Fsp3) is 0.324. The zero-order valence-electron chi connectivity index (χ0n) is 27.9. The Kier molecular flexibility index (Phi) is 10.8. The van der Waals surface area contributed by atoms with Gasteiger partial charge in [-0.25, -0.2) is 14.0 Å². The van der Waals surface area contributed by atoms with Crippen LogP contribution in [-0.4, -0.2) is 72.3 Å². The average molecular weight is 742 g/mol. The van der Waals surface area contributed by atoms with Gasteiger partial charge in [-0.3, -0.25) is 15.0 Å². The van der Waals surface area contributed by atoms with Gasteiger partial charge in [-0.2, -0.15) is 0 Å². The number of fused-ring (bicyclic) bond motifs is 3. The summed E-state index contributed by atoms with van der Waals surface area (Å²) >= 11 is 13.1. The number of ether oxygens (including phenoxy) is 3. The number of para-hydroxylation sites is 1. The van der Waals surface area contributed by atoms with Crippen LogP contribution in [0.25, 0.3) is 0 Å². The number of amides is 1. The number of halogens is 3. The molecule has 4 aromatic rings. The van der Waals surface area contributed by atoms with E-state index in [-0.39, 0.29) is 40.2 Å². The summed E-state index contributed by atoms with van der Waals surface area (Å²) in [5, 5.41) is 31.5. The molecule has 3 fully saturated rings. The van der Waals surface area contributed by atoms with Crippen LogP contribution in [0.15, 0.2) is 67.0 Å². The second kappa shape index (κ2) is 15.2. The second-order valence-electron chi connectivity index (χ2n) is 12.7. The Morgan fingerprint density at radius 1 is 1.02 bits per heavy atom. The van der Waals surface area contributed by atoms with Gasteiger partial charge >= 0.3 is 12.1 Å². The van der Waals surface area contributed by atoms with Crippen molar-refractivity contribution in [1.29, 1.82) is 0 Å². The number of phenols is 1. The number of aromatic nitrogens is 1. The Bertz CT molecular complexity index is 1910. The summed E-state index contributed by atoms with van der Waals surface area (Å²) in [7, 11) is 2.97. The van der Waals surface area contributed by atoms with Crippen molar-refractivity contribution in [3.63, 3.8) is 0 Å². The third kappa shape index (κ3) is 7.63. The number of hydrogen-bond acceptors (Lipinski definition) is 8. The number of piperidine rings is 3. The Hall–Kier alpha value is -4.78. The lowest BCUT2D eigenvalue weighted by atomic mass is 9.82. The maximum Gasteiger partial charge on any atom is 0.415 e. The largest absolute Gasteiger partial charge is 0.506 e. The van der Waals surface area contributed by atoms with Crippen LogP contribution in [0.3, 0.4) is 0 Å². The van der Waals surface area contributed by atoms with Crippen molar-refractivity contribution in [2.45, 2.75) is 37.8 Å². The van der Waals surface area contributed by atoms with Gasteiger partial charge in [0, 0.05) is 22.8 Å². The van der Waals surface area contributed by atoms with Crippen LogP contribution in [0, 0.1) is 11.7 Å². The van der Waals surface area contributed by atoms with Crippen LogP contribution in [0.2, 0.25) is 10.0 Å². The number of pyridine rings is 1. The van der Waals surface area contributed by atoms with Crippen LogP contribution in [0.4, 0.5) is 14.9 Å². The Labute approximate surface area is 303 Å². The molecule has 4 heterocycles. The lowest BCUT2D eigenvalue weighted by molar-refractivity contribution is -0.904. The minimum absolute atomic E-state index is 0.0471. The summed E-state index contributed by atoms with van der Waals surface area (Å²) < 4.78 is 33.1. The topological polar surface area (TPSA) is 133 Å². The number of anilines is 1. The fourth-order valence-electron chi connectivity index (χ4n) is 7.04. The lowest BCUT2D eigenvalue weighted by Gasteiger charge is -2.44. The number of carboxylic acids is 1. The molecule has 268 valence electrons. The minimum atomic E-state index is -1.22. The van der Waals surface area contributed by atoms with Gasteiger partial charge < -0.3 is 24.4 Å². The zero-order valence-corrected chi connectivity index (χ0v) is 29.4. The number of nitrogens with zero attached hydrogens (tertiary/aromatic N) is 3. The predicted molar refractivity (Wildman–Crippen MR) is 186 cm³/mol. The van der Waals surface area contributed by atoms with Crippen LogP contribution in [0.5, 0.6) is 17.2 Å². The van der Waals surface area contributed by atoms with E-state index >= 15 is 4.39 Å². The van der Waals surface area contributed by atoms with E-state index in [9.17, 15) is 25.0 Å². The number of aromatic hydroxyl groups is 1. The van der Waals surface area contributed by atoms with Crippen molar-refractivity contribution >= 4 is 41.0 Å². The molecule has 1 amide bonds. The molecule has 51 heavy (non-hydrogen) atoms. The van der Waals surface area contributed by atoms with E-state index in [2.05, 4.69) is 4.90 Å². The third-order valence-electron chi connectivity index (χ3n) is 9.65. The summed E-state index contributed by atoms with van der Waals surface area (Å²) in [5.41, 5.74) is 1.39. The lowest BCUT2D eigenvalue weighted by Crippen LogP contribution is -2.53. The molecule has 2 bridgehead atoms. The summed E-state index contributed by atoms with van der Waals surface area (Å²) in [5.74, 6) is -2.22. The Morgan fingerprint density at radius 3 is 2.33 bits per heavy atom. The SMILES string of the molecule is COc1ccc([C@H](Cc2c(Cl)c[n+](O)cc2Cl)c2cc(CN(C(=O)O[C@H]3CN4CCC3CC4)c3c(O)cccc3F)ccc2C(=O)O)cc1OC. The smallest absolute Gasteiger partial charge is 0.415 e. The zero-order chi connectivity index (χ0) is 36.4. The fourth-order valence-corrected chi connectivity index (χ4v) is 7.64. The first-order chi connectivity index (χ1) is 24.5. The van der Waals surface area contributed by atoms with Crippen molar-refractivity contribution in [2.24, 2.45) is 5.92 Å². The molecule has 3 aliphatic rings. The maximum atomic E-state index is 15.4. The molecular formula is C37H37Cl2FN3O8+. The van der Waals surface area contributed by atoms with Crippen molar-refractivity contribution in [3.05, 3.63) is 111 Å². The maximum absolute atomic E-state index is 15.4. The van der Waals surface area contributed by atoms with Gasteiger partial charge in [0.25, 0.3) is 0 Å². The molecule has 3 aliphatic heterocycles. The average Bonchev–Trinajstić information content (AvgIpc) is 3.11. The van der Waals surface area contributed by atoms with Gasteiger partial charge in [-0.05, 0) is 85.3 Å². The van der Waals surface area contributed by atoms with Crippen molar-refractivity contribution in [1.82, 2.24) is 4.90 Å². The summed E-state index contributed by atoms with van der Waals surface area (Å²) in [6.45, 7) is 2.15. The number of carbonyl (C=O) groups is 2. The van der Waals surface area contributed by atoms with Crippen LogP contribution in [-0.2, 0) is 17.7 Å². The first kappa shape index (κ1) is 36.0. The van der Waals surface area contributed by atoms with Crippen molar-refractivity contribution < 1.29 is 48.3 Å². The summed E-state index contributed by atoms with van der Waals surface area (Å²) in [6.07, 6.45) is 3.15. The molecule has 0 saturated carbocycles. The molecule has 3 N–H and O–H groups in total. The summed E-state index contributed by atoms with van der Waals surface area (Å²) in [4.78, 5) is 29.9. The number of phenolic OH excluding ortho intramolecular Hbond substituents is 1. The summed E-state index contributed by atoms with van der Waals surface area (Å²) in [6, 6.07) is 13.5. The quantitative estimate of drug-likeness (QED) is 0.114. The number of hydrogen-bond donors (Lipinski definition) is 3. The van der Waals surface area contributed by atoms with E-state index in [1.54, 1.807) is 24.3 Å². The number of rotatable bonds is 11. The molecule has 7 rings (SSSR count). The van der Waals surface area contributed by atoms with Gasteiger partial charge in [0.15, 0.2) is 17.3 Å². The molecule has 11 nitrogen and oxygen atoms in total. The Balaban J connectivity index is 1.45. The van der Waals surface area contributed by atoms with Gasteiger partial charge in [-0.1, -0.05) is 47.5 Å². The van der Waals surface area contributed by atoms with Gasteiger partial charge in [0.05, 0.1) is 26.3 Å². The van der Waals surface area contributed by atoms with E-state index in [1.807, 2.05) is 0 Å². The molecule has 0 aliphatic carbocycles. The second-order valence-corrected chi connectivity index (χ2v) is 13.5. The number of methoxy groups -OCH3 is 2. The first-order valence-corrected chi connectivity index (χ1v) is 17.1. The predicted octanol–water partition coefficient (Wildman–Crippen LogP) is 6.69. The highest BCUT2D eigenvalue weighted by Gasteiger charge is 2.38. The van der Waals surface area contributed by atoms with Crippen LogP contribution < -0.4 is 19.1 Å². The van der Waals surface area contributed by atoms with Gasteiger partial charge in [0.2, 0.25) is 12.4 Å². The van der Waals surface area contributed by atoms with Gasteiger partial charge in [0.1, 0.15) is 27.6 Å². The Morgan fingerprint density at radius 2 is 1.73 bits per heavy atom. The van der Waals surface area contributed by atoms with Crippen molar-refractivity contribution in [3.8, 4) is 17.2 Å². The highest BCUT2D eigenvalue weighted by molar-refractivity contribution is 6.35. The highest BCUT2D eigenvalue weighted by Crippen LogP contribution is 2.40. The molecule has 0 spiro atoms. The van der Waals surface area contributed by atoms with E-state index in [0.717, 1.165) is 41.6 Å². The number of carboxylic acid groups (broad SMARTS) is 1. The highest BCUT2D eigenvalue weighted by atomic mass is 35.5. The minimum Gasteiger partial charge on any atom is -0.506 e. The van der Waals surface area contributed by atoms with E-state index in [0.29, 0.717) is 40.3 Å². The standard InChI is InChI=1S/C37H36Cl2FN3O8/c1-49-32-9-7-23(15-33(32)50-2)25(16-27-28(38)18-42(48)19-29(27)39)26-14-21(6-8-24(26)36(45)46)17-43(35-30(40)4-3-5-31(35)44)37(47)51-34-20-41-12-10-22(34)11-13-41/h3-9,14-15,18-19,22,25,34H,10-13,16-17,20H2,1-2H3,(H2-,44,45,46,48)/p+1/t25-,34-/m0/s1. The molecular weight excluding hydrogens is 704 g/mol. The normalized spacial score (nSPS) is 18.6. The molecule has 14 heteroatoms. The first-order valence-electron chi connectivity index (χ1n) is 16.3. The number of aromatic carboxylic acids is 1. The van der Waals surface area contributed by atoms with E-state index in [1.165, 1.54) is 50.9 Å². The van der Waals surface area contributed by atoms with Crippen molar-refractivity contribution in [2.75, 3.05) is 38.8 Å². The van der Waals surface area contributed by atoms with Crippen LogP contribution in [0.1, 0.15) is 51.4 Å².